The van der Waals surface area contributed by atoms with E-state index in [1.165, 1.54) is 31.2 Å². The van der Waals surface area contributed by atoms with Crippen LogP contribution in [0.15, 0.2) is 23.1 Å². The summed E-state index contributed by atoms with van der Waals surface area (Å²) in [6.07, 6.45) is 2.43. The van der Waals surface area contributed by atoms with E-state index in [0.717, 1.165) is 6.54 Å². The third kappa shape index (κ3) is 3.01. The molecule has 1 aliphatic rings. The maximum atomic E-state index is 12.2. The number of anilines is 2. The summed E-state index contributed by atoms with van der Waals surface area (Å²) in [6, 6.07) is 5.11. The fourth-order valence-electron chi connectivity index (χ4n) is 2.51. The van der Waals surface area contributed by atoms with E-state index in [9.17, 15) is 8.42 Å². The van der Waals surface area contributed by atoms with Gasteiger partial charge >= 0.3 is 0 Å². The summed E-state index contributed by atoms with van der Waals surface area (Å²) in [5, 5.41) is 3.34. The van der Waals surface area contributed by atoms with E-state index in [1.54, 1.807) is 12.1 Å². The number of nitrogens with one attached hydrogen (secondary N) is 1. The molecule has 1 aromatic carbocycles. The molecular formula is C15H25N3O2S. The van der Waals surface area contributed by atoms with Gasteiger partial charge in [0.15, 0.2) is 0 Å². The van der Waals surface area contributed by atoms with Gasteiger partial charge < -0.3 is 11.1 Å². The minimum atomic E-state index is -3.52. The maximum Gasteiger partial charge on any atom is 0.244 e. The molecule has 0 unspecified atom stereocenters. The molecule has 0 saturated heterocycles. The Bertz CT molecular complexity index is 620. The molecule has 6 heteroatoms. The molecule has 118 valence electrons. The highest BCUT2D eigenvalue weighted by Gasteiger charge is 2.45. The van der Waals surface area contributed by atoms with Crippen molar-refractivity contribution in [2.45, 2.75) is 31.6 Å². The van der Waals surface area contributed by atoms with Gasteiger partial charge in [-0.2, -0.15) is 0 Å². The zero-order valence-corrected chi connectivity index (χ0v) is 14.0. The molecule has 5 nitrogen and oxygen atoms in total. The van der Waals surface area contributed by atoms with Gasteiger partial charge in [0.1, 0.15) is 4.90 Å². The predicted octanol–water partition coefficient (Wildman–Crippen LogP) is 2.37. The molecule has 0 amide bonds. The number of hydrogen-bond acceptors (Lipinski definition) is 4. The van der Waals surface area contributed by atoms with Crippen LogP contribution in [0.4, 0.5) is 11.4 Å². The summed E-state index contributed by atoms with van der Waals surface area (Å²) < 4.78 is 25.7. The Hall–Kier alpha value is -1.27. The molecule has 0 aromatic heterocycles. The van der Waals surface area contributed by atoms with Gasteiger partial charge in [-0.25, -0.2) is 12.7 Å². The zero-order valence-electron chi connectivity index (χ0n) is 13.2. The van der Waals surface area contributed by atoms with Crippen LogP contribution in [-0.4, -0.2) is 33.4 Å². The summed E-state index contributed by atoms with van der Waals surface area (Å²) in [6.45, 7) is 5.29. The second-order valence-corrected chi connectivity index (χ2v) is 8.50. The molecule has 0 spiro atoms. The van der Waals surface area contributed by atoms with Gasteiger partial charge in [-0.05, 0) is 36.3 Å². The van der Waals surface area contributed by atoms with Crippen molar-refractivity contribution in [2.24, 2.45) is 11.3 Å². The Morgan fingerprint density at radius 3 is 2.43 bits per heavy atom. The average Bonchev–Trinajstić information content (AvgIpc) is 3.18. The summed E-state index contributed by atoms with van der Waals surface area (Å²) in [5.41, 5.74) is 7.40. The fraction of sp³-hybridized carbons (Fsp3) is 0.600. The minimum absolute atomic E-state index is 0.159. The topological polar surface area (TPSA) is 75.4 Å². The third-order valence-corrected chi connectivity index (χ3v) is 6.45. The Labute approximate surface area is 127 Å². The fourth-order valence-corrected chi connectivity index (χ4v) is 3.54. The first-order valence-electron chi connectivity index (χ1n) is 7.25. The van der Waals surface area contributed by atoms with Crippen molar-refractivity contribution in [3.8, 4) is 0 Å². The van der Waals surface area contributed by atoms with Gasteiger partial charge in [0, 0.05) is 20.6 Å². The molecule has 0 bridgehead atoms. The number of sulfonamides is 1. The molecule has 1 aromatic rings. The molecule has 21 heavy (non-hydrogen) atoms. The number of rotatable bonds is 6. The Morgan fingerprint density at radius 2 is 1.95 bits per heavy atom. The second-order valence-electron chi connectivity index (χ2n) is 6.38. The van der Waals surface area contributed by atoms with E-state index < -0.39 is 10.0 Å². The Morgan fingerprint density at radius 1 is 1.33 bits per heavy atom. The van der Waals surface area contributed by atoms with Crippen molar-refractivity contribution in [1.82, 2.24) is 4.31 Å². The molecular weight excluding hydrogens is 286 g/mol. The first-order valence-corrected chi connectivity index (χ1v) is 8.69. The van der Waals surface area contributed by atoms with Gasteiger partial charge in [0.05, 0.1) is 11.4 Å². The summed E-state index contributed by atoms with van der Waals surface area (Å²) in [4.78, 5) is 0.159. The van der Waals surface area contributed by atoms with Crippen molar-refractivity contribution in [1.29, 1.82) is 0 Å². The number of benzene rings is 1. The van der Waals surface area contributed by atoms with Crippen LogP contribution in [0, 0.1) is 11.3 Å². The van der Waals surface area contributed by atoms with Crippen LogP contribution in [0.1, 0.15) is 26.7 Å². The highest BCUT2D eigenvalue weighted by Crippen LogP contribution is 2.51. The minimum Gasteiger partial charge on any atom is -0.396 e. The molecule has 1 saturated carbocycles. The molecule has 2 rings (SSSR count). The second kappa shape index (κ2) is 5.50. The van der Waals surface area contributed by atoms with E-state index in [4.69, 9.17) is 5.73 Å². The van der Waals surface area contributed by atoms with Gasteiger partial charge in [-0.1, -0.05) is 19.9 Å². The summed E-state index contributed by atoms with van der Waals surface area (Å²) in [5.74, 6) is 0.611. The normalized spacial score (nSPS) is 17.2. The molecule has 1 aliphatic carbocycles. The SMILES string of the molecule is CC(C)C1(CNc2cccc(S(=O)(=O)N(C)C)c2N)CC1. The van der Waals surface area contributed by atoms with Crippen LogP contribution in [-0.2, 0) is 10.0 Å². The molecule has 0 aliphatic heterocycles. The highest BCUT2D eigenvalue weighted by molar-refractivity contribution is 7.89. The monoisotopic (exact) mass is 311 g/mol. The van der Waals surface area contributed by atoms with Crippen molar-refractivity contribution >= 4 is 21.4 Å². The van der Waals surface area contributed by atoms with Crippen LogP contribution in [0.2, 0.25) is 0 Å². The van der Waals surface area contributed by atoms with E-state index in [2.05, 4.69) is 19.2 Å². The highest BCUT2D eigenvalue weighted by atomic mass is 32.2. The van der Waals surface area contributed by atoms with Crippen molar-refractivity contribution < 1.29 is 8.42 Å². The van der Waals surface area contributed by atoms with E-state index in [0.29, 0.717) is 22.7 Å². The number of nitrogens with two attached hydrogens (primary N) is 1. The van der Waals surface area contributed by atoms with Crippen LogP contribution in [0.5, 0.6) is 0 Å². The first-order chi connectivity index (χ1) is 9.70. The van der Waals surface area contributed by atoms with Crippen molar-refractivity contribution in [2.75, 3.05) is 31.7 Å². The number of para-hydroxylation sites is 1. The van der Waals surface area contributed by atoms with Crippen LogP contribution in [0.25, 0.3) is 0 Å². The van der Waals surface area contributed by atoms with Gasteiger partial charge in [0.25, 0.3) is 0 Å². The number of nitrogen functional groups attached to an aromatic ring is 1. The lowest BCUT2D eigenvalue weighted by atomic mass is 9.92. The zero-order chi connectivity index (χ0) is 15.8. The van der Waals surface area contributed by atoms with Crippen molar-refractivity contribution in [3.63, 3.8) is 0 Å². The van der Waals surface area contributed by atoms with E-state index in [1.807, 2.05) is 6.07 Å². The average molecular weight is 311 g/mol. The van der Waals surface area contributed by atoms with Gasteiger partial charge in [-0.3, -0.25) is 0 Å². The van der Waals surface area contributed by atoms with Gasteiger partial charge in [0.2, 0.25) is 10.0 Å². The molecule has 0 heterocycles. The first kappa shape index (κ1) is 16.1. The molecule has 0 radical (unpaired) electrons. The molecule has 0 atom stereocenters. The van der Waals surface area contributed by atoms with Crippen molar-refractivity contribution in [3.05, 3.63) is 18.2 Å². The molecule has 1 fully saturated rings. The Kier molecular flexibility index (Phi) is 4.22. The molecule has 3 N–H and O–H groups in total. The van der Waals surface area contributed by atoms with Crippen LogP contribution in [0.3, 0.4) is 0 Å². The van der Waals surface area contributed by atoms with Gasteiger partial charge in [-0.15, -0.1) is 0 Å². The van der Waals surface area contributed by atoms with E-state index in [-0.39, 0.29) is 4.90 Å². The lowest BCUT2D eigenvalue weighted by molar-refractivity contribution is 0.380. The maximum absolute atomic E-state index is 12.2. The quantitative estimate of drug-likeness (QED) is 0.791. The lowest BCUT2D eigenvalue weighted by Gasteiger charge is -2.22. The van der Waals surface area contributed by atoms with Crippen LogP contribution >= 0.6 is 0 Å². The van der Waals surface area contributed by atoms with Crippen LogP contribution < -0.4 is 11.1 Å². The summed E-state index contributed by atoms with van der Waals surface area (Å²) in [7, 11) is -0.503. The van der Waals surface area contributed by atoms with E-state index >= 15 is 0 Å². The third-order valence-electron chi connectivity index (χ3n) is 4.57. The largest absolute Gasteiger partial charge is 0.396 e. The predicted molar refractivity (Wildman–Crippen MR) is 86.7 cm³/mol. The summed E-state index contributed by atoms with van der Waals surface area (Å²) >= 11 is 0. The number of hydrogen-bond donors (Lipinski definition) is 2. The number of nitrogens with zero attached hydrogens (tertiary/aromatic N) is 1. The smallest absolute Gasteiger partial charge is 0.244 e. The standard InChI is InChI=1S/C15H25N3O2S/c1-11(2)15(8-9-15)10-17-12-6-5-7-13(14(12)16)21(19,20)18(3)4/h5-7,11,17H,8-10,16H2,1-4H3. The Balaban J connectivity index is 2.23. The lowest BCUT2D eigenvalue weighted by Crippen LogP contribution is -2.24.